The van der Waals surface area contributed by atoms with Gasteiger partial charge in [-0.25, -0.2) is 0 Å². The maximum absolute atomic E-state index is 10.5. The van der Waals surface area contributed by atoms with Crippen LogP contribution in [0.25, 0.3) is 0 Å². The van der Waals surface area contributed by atoms with E-state index >= 15 is 0 Å². The van der Waals surface area contributed by atoms with E-state index in [4.69, 9.17) is 0 Å². The average Bonchev–Trinajstić information content (AvgIpc) is 2.63. The summed E-state index contributed by atoms with van der Waals surface area (Å²) >= 11 is -1.55. The number of fused-ring (bicyclic) bond motifs is 1. The van der Waals surface area contributed by atoms with Crippen LogP contribution in [0.2, 0.25) is 0 Å². The van der Waals surface area contributed by atoms with Crippen molar-refractivity contribution in [2.24, 2.45) is 0 Å². The Kier molecular flexibility index (Phi) is 4.35. The Bertz CT molecular complexity index is 345. The molecule has 1 saturated carbocycles. The van der Waals surface area contributed by atoms with Crippen LogP contribution < -0.4 is 31.2 Å². The zero-order valence-corrected chi connectivity index (χ0v) is 12.2. The van der Waals surface area contributed by atoms with E-state index in [1.807, 2.05) is 0 Å². The van der Waals surface area contributed by atoms with Crippen molar-refractivity contribution >= 4 is 5.43 Å². The normalized spacial score (nSPS) is 34.9. The Labute approximate surface area is 113 Å². The van der Waals surface area contributed by atoms with Crippen molar-refractivity contribution in [1.29, 1.82) is 0 Å². The third kappa shape index (κ3) is 3.28. The van der Waals surface area contributed by atoms with Crippen molar-refractivity contribution in [3.63, 3.8) is 0 Å². The molecule has 0 aromatic rings. The van der Waals surface area contributed by atoms with Crippen molar-refractivity contribution in [3.05, 3.63) is 20.2 Å². The molecule has 12 heteroatoms. The zero-order chi connectivity index (χ0) is 13.2. The van der Waals surface area contributed by atoms with Gasteiger partial charge in [0.1, 0.15) is 0 Å². The van der Waals surface area contributed by atoms with E-state index in [-0.39, 0.29) is 12.1 Å². The molecule has 1 aliphatic carbocycles. The fourth-order valence-corrected chi connectivity index (χ4v) is 8.88. The van der Waals surface area contributed by atoms with E-state index in [0.29, 0.717) is 0 Å². The molecule has 0 aromatic heterocycles. The van der Waals surface area contributed by atoms with E-state index in [2.05, 4.69) is 18.0 Å². The van der Waals surface area contributed by atoms with Gasteiger partial charge in [0.05, 0.1) is 0 Å². The first-order chi connectivity index (χ1) is 8.51. The maximum atomic E-state index is 10.5. The molecule has 2 rings (SSSR count). The molecule has 2 unspecified atom stereocenters. The molecule has 0 aromatic carbocycles. The third-order valence-corrected chi connectivity index (χ3v) is 9.45. The number of nitrogens with zero attached hydrogens (tertiary/aromatic N) is 2. The van der Waals surface area contributed by atoms with Crippen LogP contribution in [0.1, 0.15) is 25.7 Å². The molecule has 2 atom stereocenters. The standard InChI is InChI=1S/C6H12IN4O6P/c12-10(13)16-7-18(17-11(14)15)8-5-3-1-2-4-6(5)9-18/h5-6,8-9H,1-4H2. The van der Waals surface area contributed by atoms with Crippen LogP contribution in [0.5, 0.6) is 0 Å². The summed E-state index contributed by atoms with van der Waals surface area (Å²) in [5.41, 5.74) is -2.82. The summed E-state index contributed by atoms with van der Waals surface area (Å²) in [5, 5.41) is 25.0. The molecule has 1 saturated heterocycles. The van der Waals surface area contributed by atoms with Crippen molar-refractivity contribution < 1.29 is 39.0 Å². The number of rotatable bonds is 5. The molecule has 0 amide bonds. The van der Waals surface area contributed by atoms with Crippen LogP contribution in [0.3, 0.4) is 0 Å². The molecule has 2 fully saturated rings. The van der Waals surface area contributed by atoms with E-state index in [1.165, 1.54) is 0 Å². The van der Waals surface area contributed by atoms with Gasteiger partial charge in [-0.2, -0.15) is 0 Å². The van der Waals surface area contributed by atoms with E-state index in [9.17, 15) is 20.2 Å². The summed E-state index contributed by atoms with van der Waals surface area (Å²) in [6.07, 6.45) is 3.87. The summed E-state index contributed by atoms with van der Waals surface area (Å²) < 4.78 is 9.03. The number of hydrogen-bond acceptors (Lipinski definition) is 8. The fraction of sp³-hybridized carbons (Fsp3) is 1.00. The topological polar surface area (TPSA) is 129 Å². The van der Waals surface area contributed by atoms with Crippen LogP contribution >= 0.6 is 5.43 Å². The van der Waals surface area contributed by atoms with Gasteiger partial charge in [-0.15, -0.1) is 0 Å². The second-order valence-electron chi connectivity index (χ2n) is 3.95. The van der Waals surface area contributed by atoms with Crippen LogP contribution in [-0.2, 0) is 7.79 Å². The van der Waals surface area contributed by atoms with Gasteiger partial charge in [-0.05, 0) is 0 Å². The fourth-order valence-electron chi connectivity index (χ4n) is 2.16. The van der Waals surface area contributed by atoms with Gasteiger partial charge in [0.25, 0.3) is 0 Å². The predicted molar refractivity (Wildman–Crippen MR) is 55.4 cm³/mol. The first-order valence-electron chi connectivity index (χ1n) is 5.28. The molecular weight excluding hydrogens is 382 g/mol. The van der Waals surface area contributed by atoms with Gasteiger partial charge in [0.2, 0.25) is 0 Å². The first kappa shape index (κ1) is 13.9. The Morgan fingerprint density at radius 1 is 1.11 bits per heavy atom. The van der Waals surface area contributed by atoms with Gasteiger partial charge in [-0.3, -0.25) is 0 Å². The van der Waals surface area contributed by atoms with Gasteiger partial charge in [0.15, 0.2) is 0 Å². The zero-order valence-electron chi connectivity index (χ0n) is 9.15. The molecule has 0 bridgehead atoms. The van der Waals surface area contributed by atoms with Crippen molar-refractivity contribution in [1.82, 2.24) is 10.2 Å². The second-order valence-corrected chi connectivity index (χ2v) is 11.5. The minimum absolute atomic E-state index is 0.0853. The molecular formula is C6H12IN4O6P. The molecule has 0 radical (unpaired) electrons. The second kappa shape index (κ2) is 5.63. The molecule has 1 heterocycles. The molecule has 10 nitrogen and oxygen atoms in total. The molecule has 18 heavy (non-hydrogen) atoms. The van der Waals surface area contributed by atoms with Crippen molar-refractivity contribution in [2.75, 3.05) is 0 Å². The van der Waals surface area contributed by atoms with Crippen molar-refractivity contribution in [2.45, 2.75) is 37.8 Å². The van der Waals surface area contributed by atoms with Gasteiger partial charge < -0.3 is 0 Å². The summed E-state index contributed by atoms with van der Waals surface area (Å²) in [6, 6.07) is 0.171. The molecule has 2 aliphatic rings. The Hall–Kier alpha value is -0.520. The molecule has 2 N–H and O–H groups in total. The monoisotopic (exact) mass is 394 g/mol. The summed E-state index contributed by atoms with van der Waals surface area (Å²) in [6.45, 7) is 0. The average molecular weight is 394 g/mol. The SMILES string of the molecule is O=[N+]([O-])O[I-][P+]1(O[N+](=O)[O-])NC2CCCCC2N1. The first-order valence-corrected chi connectivity index (χ1v) is 10.6. The van der Waals surface area contributed by atoms with Gasteiger partial charge in [-0.1, -0.05) is 0 Å². The van der Waals surface area contributed by atoms with E-state index < -0.39 is 36.7 Å². The quantitative estimate of drug-likeness (QED) is 0.228. The van der Waals surface area contributed by atoms with Gasteiger partial charge >= 0.3 is 113 Å². The molecule has 0 spiro atoms. The number of nitrogens with one attached hydrogen (secondary N) is 2. The van der Waals surface area contributed by atoms with E-state index in [1.54, 1.807) is 0 Å². The Morgan fingerprint density at radius 3 is 2.11 bits per heavy atom. The Morgan fingerprint density at radius 2 is 1.67 bits per heavy atom. The summed E-state index contributed by atoms with van der Waals surface area (Å²) in [4.78, 5) is 20.8. The summed E-state index contributed by atoms with van der Waals surface area (Å²) in [7, 11) is 0. The van der Waals surface area contributed by atoms with Crippen LogP contribution in [0, 0.1) is 20.2 Å². The van der Waals surface area contributed by atoms with Crippen LogP contribution in [-0.4, -0.2) is 22.3 Å². The molecule has 1 aliphatic heterocycles. The number of hydrogen-bond donors (Lipinski definition) is 2. The third-order valence-electron chi connectivity index (χ3n) is 2.79. The minimum atomic E-state index is -2.82. The summed E-state index contributed by atoms with van der Waals surface area (Å²) in [5.74, 6) is 0. The van der Waals surface area contributed by atoms with Crippen LogP contribution in [0.4, 0.5) is 0 Å². The van der Waals surface area contributed by atoms with Crippen LogP contribution in [0.15, 0.2) is 0 Å². The van der Waals surface area contributed by atoms with E-state index in [0.717, 1.165) is 25.7 Å². The Balaban J connectivity index is 2.05. The molecule has 104 valence electrons. The van der Waals surface area contributed by atoms with Gasteiger partial charge in [0, 0.05) is 0 Å². The number of halogens is 1. The predicted octanol–water partition coefficient (Wildman–Crippen LogP) is -2.41. The van der Waals surface area contributed by atoms with Crippen molar-refractivity contribution in [3.8, 4) is 0 Å².